The monoisotopic (exact) mass is 1010 g/mol. The van der Waals surface area contributed by atoms with Gasteiger partial charge in [0, 0.05) is 19.7 Å². The first-order valence-electron chi connectivity index (χ1n) is 4.02. The van der Waals surface area contributed by atoms with Crippen molar-refractivity contribution < 1.29 is 0 Å². The maximum atomic E-state index is 4.75. The van der Waals surface area contributed by atoms with Crippen molar-refractivity contribution in [3.8, 4) is 0 Å². The molecule has 0 amide bonds. The summed E-state index contributed by atoms with van der Waals surface area (Å²) in [5.74, 6) is 0. The van der Waals surface area contributed by atoms with Gasteiger partial charge in [0.2, 0.25) is 0 Å². The van der Waals surface area contributed by atoms with Gasteiger partial charge in [0.05, 0.1) is 12.7 Å². The van der Waals surface area contributed by atoms with E-state index < -0.39 is 0 Å². The van der Waals surface area contributed by atoms with Crippen molar-refractivity contribution >= 4 is 169 Å². The fraction of sp³-hybridized carbons (Fsp3) is 0. The topological polar surface area (TPSA) is 12.9 Å². The smallest absolute Gasteiger partial charge is 0.116 e. The summed E-state index contributed by atoms with van der Waals surface area (Å²) < 4.78 is 8.87. The molecular formula is C9I7N. The van der Waals surface area contributed by atoms with Crippen LogP contribution >= 0.6 is 158 Å². The Labute approximate surface area is 194 Å². The summed E-state index contributed by atoms with van der Waals surface area (Å²) in [4.78, 5) is 4.75. The molecule has 1 aromatic carbocycles. The zero-order chi connectivity index (χ0) is 12.9. The van der Waals surface area contributed by atoms with E-state index in [1.165, 1.54) is 26.8 Å². The fourth-order valence-corrected chi connectivity index (χ4v) is 7.54. The number of nitrogens with zero attached hydrogens (tertiary/aromatic N) is 1. The van der Waals surface area contributed by atoms with Crippen LogP contribution in [0.4, 0.5) is 0 Å². The van der Waals surface area contributed by atoms with E-state index >= 15 is 0 Å². The lowest BCUT2D eigenvalue weighted by atomic mass is 10.2. The van der Waals surface area contributed by atoms with Crippen LogP contribution in [-0.2, 0) is 0 Å². The second kappa shape index (κ2) is 6.88. The Morgan fingerprint density at radius 2 is 1.00 bits per heavy atom. The Balaban J connectivity index is 3.12. The first-order valence-corrected chi connectivity index (χ1v) is 11.6. The molecule has 0 aliphatic carbocycles. The van der Waals surface area contributed by atoms with Gasteiger partial charge in [-0.3, -0.25) is 0 Å². The van der Waals surface area contributed by atoms with Gasteiger partial charge in [0.1, 0.15) is 3.70 Å². The number of rotatable bonds is 0. The summed E-state index contributed by atoms with van der Waals surface area (Å²) in [5.41, 5.74) is 1.13. The van der Waals surface area contributed by atoms with Crippen LogP contribution in [0.3, 0.4) is 0 Å². The van der Waals surface area contributed by atoms with E-state index in [2.05, 4.69) is 158 Å². The molecule has 0 radical (unpaired) electrons. The molecule has 2 aromatic rings. The lowest BCUT2D eigenvalue weighted by Gasteiger charge is -2.12. The molecule has 8 heteroatoms. The predicted molar refractivity (Wildman–Crippen MR) is 131 cm³/mol. The zero-order valence-electron chi connectivity index (χ0n) is 7.59. The highest BCUT2D eigenvalue weighted by Crippen LogP contribution is 2.38. The second-order valence-electron chi connectivity index (χ2n) is 3.01. The van der Waals surface area contributed by atoms with Crippen LogP contribution in [0.15, 0.2) is 0 Å². The summed E-state index contributed by atoms with van der Waals surface area (Å²) in [6.45, 7) is 0. The molecule has 0 bridgehead atoms. The summed E-state index contributed by atoms with van der Waals surface area (Å²) >= 11 is 16.8. The van der Waals surface area contributed by atoms with Crippen molar-refractivity contribution in [1.29, 1.82) is 0 Å². The molecule has 90 valence electrons. The molecule has 17 heavy (non-hydrogen) atoms. The van der Waals surface area contributed by atoms with Crippen molar-refractivity contribution in [3.63, 3.8) is 0 Å². The number of fused-ring (bicyclic) bond motifs is 1. The SMILES string of the molecule is Ic1nc2c(I)c(I)c(I)c(I)c2c(I)c1I. The van der Waals surface area contributed by atoms with Crippen molar-refractivity contribution in [2.75, 3.05) is 0 Å². The Bertz CT molecular complexity index is 629. The van der Waals surface area contributed by atoms with Crippen molar-refractivity contribution in [2.24, 2.45) is 0 Å². The number of pyridine rings is 1. The highest BCUT2D eigenvalue weighted by molar-refractivity contribution is 14.1. The van der Waals surface area contributed by atoms with Gasteiger partial charge in [-0.1, -0.05) is 0 Å². The average Bonchev–Trinajstić information content (AvgIpc) is 2.30. The number of benzene rings is 1. The first-order chi connectivity index (χ1) is 7.86. The van der Waals surface area contributed by atoms with Crippen LogP contribution in [0, 0.1) is 25.1 Å². The van der Waals surface area contributed by atoms with E-state index in [4.69, 9.17) is 4.98 Å². The molecule has 0 N–H and O–H groups in total. The van der Waals surface area contributed by atoms with Crippen LogP contribution in [0.1, 0.15) is 0 Å². The van der Waals surface area contributed by atoms with E-state index in [1.807, 2.05) is 0 Å². The number of aromatic nitrogens is 1. The highest BCUT2D eigenvalue weighted by Gasteiger charge is 2.19. The van der Waals surface area contributed by atoms with E-state index in [9.17, 15) is 0 Å². The van der Waals surface area contributed by atoms with Gasteiger partial charge in [-0.25, -0.2) is 4.98 Å². The van der Waals surface area contributed by atoms with Crippen molar-refractivity contribution in [2.45, 2.75) is 0 Å². The molecule has 0 spiro atoms. The number of hydrogen-bond donors (Lipinski definition) is 0. The van der Waals surface area contributed by atoms with Crippen molar-refractivity contribution in [3.05, 3.63) is 25.1 Å². The van der Waals surface area contributed by atoms with Gasteiger partial charge in [-0.05, 0) is 158 Å². The highest BCUT2D eigenvalue weighted by atomic mass is 127. The lowest BCUT2D eigenvalue weighted by molar-refractivity contribution is 1.28. The Kier molecular flexibility index (Phi) is 6.92. The van der Waals surface area contributed by atoms with Crippen LogP contribution < -0.4 is 0 Å². The molecule has 0 saturated carbocycles. The van der Waals surface area contributed by atoms with Crippen LogP contribution in [0.5, 0.6) is 0 Å². The predicted octanol–water partition coefficient (Wildman–Crippen LogP) is 6.47. The third-order valence-electron chi connectivity index (χ3n) is 2.05. The minimum atomic E-state index is 1.09. The summed E-state index contributed by atoms with van der Waals surface area (Å²) in [6, 6.07) is 0. The normalized spacial score (nSPS) is 11.2. The lowest BCUT2D eigenvalue weighted by Crippen LogP contribution is -2.01. The molecule has 0 saturated heterocycles. The Morgan fingerprint density at radius 1 is 0.529 bits per heavy atom. The van der Waals surface area contributed by atoms with Gasteiger partial charge in [0.25, 0.3) is 0 Å². The maximum absolute atomic E-state index is 4.75. The third kappa shape index (κ3) is 3.25. The van der Waals surface area contributed by atoms with Gasteiger partial charge in [0.15, 0.2) is 0 Å². The average molecular weight is 1010 g/mol. The zero-order valence-corrected chi connectivity index (χ0v) is 22.7. The molecule has 1 heterocycles. The minimum absolute atomic E-state index is 1.09. The third-order valence-corrected chi connectivity index (χ3v) is 14.4. The molecule has 2 rings (SSSR count). The van der Waals surface area contributed by atoms with E-state index in [0.717, 1.165) is 9.22 Å². The molecular weight excluding hydrogens is 1010 g/mol. The molecule has 0 atom stereocenters. The van der Waals surface area contributed by atoms with Crippen LogP contribution in [0.25, 0.3) is 10.9 Å². The molecule has 0 aliphatic rings. The van der Waals surface area contributed by atoms with E-state index in [1.54, 1.807) is 0 Å². The maximum Gasteiger partial charge on any atom is 0.116 e. The summed E-state index contributed by atoms with van der Waals surface area (Å²) in [5, 5.41) is 1.30. The molecule has 0 unspecified atom stereocenters. The summed E-state index contributed by atoms with van der Waals surface area (Å²) in [6.07, 6.45) is 0. The van der Waals surface area contributed by atoms with Crippen LogP contribution in [0.2, 0.25) is 0 Å². The van der Waals surface area contributed by atoms with Crippen molar-refractivity contribution in [1.82, 2.24) is 4.98 Å². The number of hydrogen-bond acceptors (Lipinski definition) is 1. The van der Waals surface area contributed by atoms with E-state index in [-0.39, 0.29) is 0 Å². The summed E-state index contributed by atoms with van der Waals surface area (Å²) in [7, 11) is 0. The minimum Gasteiger partial charge on any atom is -0.239 e. The van der Waals surface area contributed by atoms with E-state index in [0.29, 0.717) is 0 Å². The second-order valence-corrected chi connectivity index (χ2v) is 10.5. The Morgan fingerprint density at radius 3 is 1.59 bits per heavy atom. The molecule has 0 fully saturated rings. The molecule has 0 aliphatic heterocycles. The van der Waals surface area contributed by atoms with Crippen LogP contribution in [-0.4, -0.2) is 4.98 Å². The Hall–Kier alpha value is 3.74. The molecule has 1 aromatic heterocycles. The standard InChI is InChI=1S/C9I7N/c10-2-1-3(11)7(15)9(16)17-8(1)6(14)5(13)4(2)12. The number of halogens is 7. The van der Waals surface area contributed by atoms with Gasteiger partial charge >= 0.3 is 0 Å². The fourth-order valence-electron chi connectivity index (χ4n) is 1.27. The van der Waals surface area contributed by atoms with Gasteiger partial charge in [-0.15, -0.1) is 0 Å². The first kappa shape index (κ1) is 17.1. The van der Waals surface area contributed by atoms with Gasteiger partial charge in [-0.2, -0.15) is 0 Å². The quantitative estimate of drug-likeness (QED) is 0.128. The largest absolute Gasteiger partial charge is 0.239 e. The molecule has 1 nitrogen and oxygen atoms in total. The van der Waals surface area contributed by atoms with Gasteiger partial charge < -0.3 is 0 Å².